The van der Waals surface area contributed by atoms with Crippen LogP contribution in [-0.4, -0.2) is 12.5 Å². The highest BCUT2D eigenvalue weighted by molar-refractivity contribution is 6.34. The van der Waals surface area contributed by atoms with Crippen LogP contribution in [0, 0.1) is 0 Å². The summed E-state index contributed by atoms with van der Waals surface area (Å²) in [6.45, 7) is 4.44. The summed E-state index contributed by atoms with van der Waals surface area (Å²) in [5, 5.41) is 3.97. The van der Waals surface area contributed by atoms with Gasteiger partial charge in [-0.15, -0.1) is 0 Å². The average Bonchev–Trinajstić information content (AvgIpc) is 2.52. The molecule has 1 N–H and O–H groups in total. The second-order valence-electron chi connectivity index (χ2n) is 5.61. The standard InChI is InChI=1S/C18H20Cl2N2O2/c1-4-9-24-16-11-22(3)10-15(20)17(16)18(23)21-12(2)13-5-7-14(19)8-6-13/h5-8,10-12H,4,9H2,1-3H3/p+1/t12-/m0/s1. The third-order valence-corrected chi connectivity index (χ3v) is 4.07. The number of hydrogen-bond donors (Lipinski definition) is 1. The molecule has 2 rings (SSSR count). The van der Waals surface area contributed by atoms with Crippen LogP contribution in [0.2, 0.25) is 10.0 Å². The molecule has 1 amide bonds. The Labute approximate surface area is 152 Å². The fourth-order valence-corrected chi connectivity index (χ4v) is 2.75. The van der Waals surface area contributed by atoms with E-state index in [1.807, 2.05) is 33.0 Å². The first kappa shape index (κ1) is 18.6. The highest BCUT2D eigenvalue weighted by atomic mass is 35.5. The second kappa shape index (κ2) is 8.36. The van der Waals surface area contributed by atoms with Crippen LogP contribution in [0.4, 0.5) is 0 Å². The average molecular weight is 368 g/mol. The first-order chi connectivity index (χ1) is 11.4. The van der Waals surface area contributed by atoms with Crippen molar-refractivity contribution in [3.8, 4) is 5.75 Å². The summed E-state index contributed by atoms with van der Waals surface area (Å²) < 4.78 is 7.46. The number of rotatable bonds is 6. The summed E-state index contributed by atoms with van der Waals surface area (Å²) >= 11 is 12.2. The van der Waals surface area contributed by atoms with Crippen molar-refractivity contribution in [3.05, 3.63) is 57.8 Å². The van der Waals surface area contributed by atoms with Crippen molar-refractivity contribution in [2.75, 3.05) is 6.61 Å². The van der Waals surface area contributed by atoms with Gasteiger partial charge >= 0.3 is 0 Å². The molecule has 1 heterocycles. The van der Waals surface area contributed by atoms with E-state index in [0.29, 0.717) is 28.0 Å². The van der Waals surface area contributed by atoms with Crippen LogP contribution >= 0.6 is 23.2 Å². The highest BCUT2D eigenvalue weighted by Gasteiger charge is 2.23. The van der Waals surface area contributed by atoms with Gasteiger partial charge in [-0.1, -0.05) is 42.3 Å². The van der Waals surface area contributed by atoms with Gasteiger partial charge < -0.3 is 10.1 Å². The molecule has 0 radical (unpaired) electrons. The molecule has 24 heavy (non-hydrogen) atoms. The van der Waals surface area contributed by atoms with Crippen LogP contribution in [0.1, 0.15) is 42.2 Å². The molecule has 0 aliphatic rings. The number of carbonyl (C=O) groups excluding carboxylic acids is 1. The summed E-state index contributed by atoms with van der Waals surface area (Å²) in [6, 6.07) is 7.18. The first-order valence-corrected chi connectivity index (χ1v) is 8.55. The lowest BCUT2D eigenvalue weighted by Gasteiger charge is -2.16. The Hall–Kier alpha value is -1.78. The third-order valence-electron chi connectivity index (χ3n) is 3.53. The van der Waals surface area contributed by atoms with Crippen LogP contribution < -0.4 is 14.6 Å². The number of hydrogen-bond acceptors (Lipinski definition) is 2. The molecule has 0 fully saturated rings. The summed E-state index contributed by atoms with van der Waals surface area (Å²) in [6.07, 6.45) is 4.28. The predicted octanol–water partition coefficient (Wildman–Crippen LogP) is 4.10. The van der Waals surface area contributed by atoms with E-state index in [0.717, 1.165) is 12.0 Å². The van der Waals surface area contributed by atoms with E-state index in [1.165, 1.54) is 0 Å². The quantitative estimate of drug-likeness (QED) is 0.781. The fourth-order valence-electron chi connectivity index (χ4n) is 2.29. The number of amides is 1. The van der Waals surface area contributed by atoms with Crippen molar-refractivity contribution in [1.29, 1.82) is 0 Å². The van der Waals surface area contributed by atoms with Gasteiger partial charge in [0.25, 0.3) is 5.91 Å². The number of aromatic nitrogens is 1. The van der Waals surface area contributed by atoms with Gasteiger partial charge in [0, 0.05) is 5.02 Å². The molecular formula is C18H21Cl2N2O2+. The molecule has 6 heteroatoms. The van der Waals surface area contributed by atoms with Gasteiger partial charge in [-0.3, -0.25) is 4.79 Å². The lowest BCUT2D eigenvalue weighted by Crippen LogP contribution is -2.32. The molecule has 4 nitrogen and oxygen atoms in total. The monoisotopic (exact) mass is 367 g/mol. The zero-order valence-electron chi connectivity index (χ0n) is 14.0. The maximum Gasteiger partial charge on any atom is 0.257 e. The van der Waals surface area contributed by atoms with Gasteiger partial charge in [0.2, 0.25) is 6.20 Å². The van der Waals surface area contributed by atoms with Crippen LogP contribution in [0.3, 0.4) is 0 Å². The number of halogens is 2. The zero-order chi connectivity index (χ0) is 17.7. The van der Waals surface area contributed by atoms with Gasteiger partial charge in [-0.05, 0) is 31.0 Å². The molecule has 0 saturated heterocycles. The molecule has 1 aromatic heterocycles. The molecular weight excluding hydrogens is 347 g/mol. The van der Waals surface area contributed by atoms with E-state index >= 15 is 0 Å². The van der Waals surface area contributed by atoms with E-state index in [4.69, 9.17) is 27.9 Å². The number of ether oxygens (including phenoxy) is 1. The molecule has 0 aliphatic heterocycles. The van der Waals surface area contributed by atoms with Crippen LogP contribution in [0.25, 0.3) is 0 Å². The largest absolute Gasteiger partial charge is 0.487 e. The van der Waals surface area contributed by atoms with E-state index in [-0.39, 0.29) is 11.9 Å². The van der Waals surface area contributed by atoms with Crippen molar-refractivity contribution in [3.63, 3.8) is 0 Å². The van der Waals surface area contributed by atoms with Crippen molar-refractivity contribution >= 4 is 29.1 Å². The molecule has 0 saturated carbocycles. The Balaban J connectivity index is 2.23. The van der Waals surface area contributed by atoms with E-state index in [1.54, 1.807) is 29.1 Å². The molecule has 2 aromatic rings. The number of carbonyl (C=O) groups is 1. The molecule has 0 bridgehead atoms. The molecule has 128 valence electrons. The van der Waals surface area contributed by atoms with Gasteiger partial charge in [0.05, 0.1) is 12.6 Å². The number of pyridine rings is 1. The van der Waals surface area contributed by atoms with E-state index in [2.05, 4.69) is 5.32 Å². The smallest absolute Gasteiger partial charge is 0.257 e. The van der Waals surface area contributed by atoms with Gasteiger partial charge in [0.1, 0.15) is 17.6 Å². The number of nitrogens with zero attached hydrogens (tertiary/aromatic N) is 1. The number of nitrogens with one attached hydrogen (secondary N) is 1. The lowest BCUT2D eigenvalue weighted by molar-refractivity contribution is -0.671. The molecule has 1 atom stereocenters. The van der Waals surface area contributed by atoms with Crippen LogP contribution in [0.15, 0.2) is 36.7 Å². The number of benzene rings is 1. The Kier molecular flexibility index (Phi) is 6.46. The van der Waals surface area contributed by atoms with Crippen molar-refractivity contribution < 1.29 is 14.1 Å². The predicted molar refractivity (Wildman–Crippen MR) is 95.7 cm³/mol. The first-order valence-electron chi connectivity index (χ1n) is 7.80. The van der Waals surface area contributed by atoms with E-state index in [9.17, 15) is 4.79 Å². The SMILES string of the molecule is CCCOc1c[n+](C)cc(Cl)c1C(=O)N[C@@H](C)c1ccc(Cl)cc1. The molecule has 1 aromatic carbocycles. The molecule has 0 spiro atoms. The summed E-state index contributed by atoms with van der Waals surface area (Å²) in [7, 11) is 1.84. The van der Waals surface area contributed by atoms with Gasteiger partial charge in [0.15, 0.2) is 11.9 Å². The molecule has 0 unspecified atom stereocenters. The normalized spacial score (nSPS) is 11.9. The minimum atomic E-state index is -0.269. The summed E-state index contributed by atoms with van der Waals surface area (Å²) in [5.41, 5.74) is 1.31. The lowest BCUT2D eigenvalue weighted by atomic mass is 10.1. The van der Waals surface area contributed by atoms with Crippen molar-refractivity contribution in [2.45, 2.75) is 26.3 Å². The van der Waals surface area contributed by atoms with Crippen molar-refractivity contribution in [1.82, 2.24) is 5.32 Å². The van der Waals surface area contributed by atoms with Gasteiger partial charge in [-0.25, -0.2) is 4.57 Å². The zero-order valence-corrected chi connectivity index (χ0v) is 15.5. The highest BCUT2D eigenvalue weighted by Crippen LogP contribution is 2.26. The van der Waals surface area contributed by atoms with E-state index < -0.39 is 0 Å². The Bertz CT molecular complexity index is 718. The Morgan fingerprint density at radius 3 is 2.54 bits per heavy atom. The van der Waals surface area contributed by atoms with Gasteiger partial charge in [-0.2, -0.15) is 0 Å². The topological polar surface area (TPSA) is 42.2 Å². The minimum Gasteiger partial charge on any atom is -0.487 e. The maximum atomic E-state index is 12.7. The Morgan fingerprint density at radius 1 is 1.25 bits per heavy atom. The summed E-state index contributed by atoms with van der Waals surface area (Å²) in [4.78, 5) is 12.7. The fraction of sp³-hybridized carbons (Fsp3) is 0.333. The maximum absolute atomic E-state index is 12.7. The van der Waals surface area contributed by atoms with Crippen LogP contribution in [0.5, 0.6) is 5.75 Å². The Morgan fingerprint density at radius 2 is 1.92 bits per heavy atom. The summed E-state index contributed by atoms with van der Waals surface area (Å²) in [5.74, 6) is 0.210. The molecule has 0 aliphatic carbocycles. The second-order valence-corrected chi connectivity index (χ2v) is 6.45. The third kappa shape index (κ3) is 4.62. The van der Waals surface area contributed by atoms with Crippen LogP contribution in [-0.2, 0) is 7.05 Å². The van der Waals surface area contributed by atoms with Crippen molar-refractivity contribution in [2.24, 2.45) is 7.05 Å². The minimum absolute atomic E-state index is 0.182. The number of aryl methyl sites for hydroxylation is 1.